The number of halogens is 2. The van der Waals surface area contributed by atoms with E-state index in [1.54, 1.807) is 6.92 Å². The van der Waals surface area contributed by atoms with E-state index in [4.69, 9.17) is 16.3 Å². The molecule has 8 nitrogen and oxygen atoms in total. The molecule has 214 valence electrons. The molecule has 0 spiro atoms. The minimum absolute atomic E-state index is 0.0196. The molecule has 0 aliphatic rings. The minimum Gasteiger partial charge on any atom is -0.497 e. The number of carbonyl (C=O) groups is 2. The Morgan fingerprint density at radius 1 is 0.975 bits per heavy atom. The van der Waals surface area contributed by atoms with E-state index in [9.17, 15) is 22.4 Å². The highest BCUT2D eigenvalue weighted by molar-refractivity contribution is 7.92. The summed E-state index contributed by atoms with van der Waals surface area (Å²) in [6, 6.07) is 16.6. The van der Waals surface area contributed by atoms with Crippen LogP contribution in [0.15, 0.2) is 77.7 Å². The molecule has 0 aromatic heterocycles. The van der Waals surface area contributed by atoms with E-state index in [0.29, 0.717) is 29.3 Å². The molecule has 40 heavy (non-hydrogen) atoms. The van der Waals surface area contributed by atoms with Crippen molar-refractivity contribution in [2.24, 2.45) is 0 Å². The number of hydrogen-bond donors (Lipinski definition) is 1. The lowest BCUT2D eigenvalue weighted by molar-refractivity contribution is -0.140. The molecule has 11 heteroatoms. The Kier molecular flexibility index (Phi) is 10.9. The number of carbonyl (C=O) groups excluding carboxylic acids is 2. The van der Waals surface area contributed by atoms with Gasteiger partial charge in [0.05, 0.1) is 17.7 Å². The highest BCUT2D eigenvalue weighted by atomic mass is 35.5. The molecule has 3 rings (SSSR count). The monoisotopic (exact) mass is 589 g/mol. The molecule has 0 saturated carbocycles. The molecule has 0 bridgehead atoms. The predicted molar refractivity (Wildman–Crippen MR) is 153 cm³/mol. The molecule has 0 aliphatic carbocycles. The van der Waals surface area contributed by atoms with Crippen molar-refractivity contribution >= 4 is 39.1 Å². The maximum absolute atomic E-state index is 13.9. The summed E-state index contributed by atoms with van der Waals surface area (Å²) in [5.41, 5.74) is 0.811. The van der Waals surface area contributed by atoms with Crippen LogP contribution >= 0.6 is 11.6 Å². The Hall–Kier alpha value is -3.63. The lowest BCUT2D eigenvalue weighted by Crippen LogP contribution is -2.52. The summed E-state index contributed by atoms with van der Waals surface area (Å²) < 4.78 is 47.4. The lowest BCUT2D eigenvalue weighted by atomic mass is 10.1. The summed E-state index contributed by atoms with van der Waals surface area (Å²) >= 11 is 6.05. The second-order valence-electron chi connectivity index (χ2n) is 9.03. The van der Waals surface area contributed by atoms with Gasteiger partial charge in [-0.15, -0.1) is 0 Å². The van der Waals surface area contributed by atoms with Crippen LogP contribution in [0.3, 0.4) is 0 Å². The maximum atomic E-state index is 13.9. The first-order valence-electron chi connectivity index (χ1n) is 12.8. The van der Waals surface area contributed by atoms with E-state index < -0.39 is 34.3 Å². The third kappa shape index (κ3) is 7.73. The van der Waals surface area contributed by atoms with Gasteiger partial charge in [-0.25, -0.2) is 12.8 Å². The van der Waals surface area contributed by atoms with Gasteiger partial charge >= 0.3 is 0 Å². The number of hydrogen-bond acceptors (Lipinski definition) is 5. The molecule has 3 aromatic carbocycles. The number of nitrogens with zero attached hydrogens (tertiary/aromatic N) is 2. The van der Waals surface area contributed by atoms with Gasteiger partial charge in [0.1, 0.15) is 24.2 Å². The largest absolute Gasteiger partial charge is 0.497 e. The van der Waals surface area contributed by atoms with Gasteiger partial charge in [0.2, 0.25) is 11.8 Å². The number of sulfonamides is 1. The van der Waals surface area contributed by atoms with Crippen LogP contribution in [0, 0.1) is 5.82 Å². The molecule has 1 atom stereocenters. The van der Waals surface area contributed by atoms with Crippen molar-refractivity contribution in [2.45, 2.75) is 44.2 Å². The van der Waals surface area contributed by atoms with Crippen molar-refractivity contribution < 1.29 is 27.1 Å². The van der Waals surface area contributed by atoms with Crippen LogP contribution in [-0.2, 0) is 26.2 Å². The van der Waals surface area contributed by atoms with Crippen molar-refractivity contribution in [3.8, 4) is 5.75 Å². The molecule has 0 fully saturated rings. The van der Waals surface area contributed by atoms with E-state index in [1.165, 1.54) is 84.8 Å². The molecule has 0 heterocycles. The first kappa shape index (κ1) is 30.9. The molecule has 2 amide bonds. The Morgan fingerprint density at radius 3 is 2.15 bits per heavy atom. The van der Waals surface area contributed by atoms with Gasteiger partial charge in [0.25, 0.3) is 10.0 Å². The Balaban J connectivity index is 2.04. The Labute approximate surface area is 239 Å². The second kappa shape index (κ2) is 14.1. The molecular formula is C29H33ClFN3O5S. The van der Waals surface area contributed by atoms with E-state index >= 15 is 0 Å². The van der Waals surface area contributed by atoms with Crippen LogP contribution in [0.2, 0.25) is 5.02 Å². The predicted octanol–water partition coefficient (Wildman–Crippen LogP) is 5.02. The summed E-state index contributed by atoms with van der Waals surface area (Å²) in [7, 11) is -2.76. The third-order valence-electron chi connectivity index (χ3n) is 6.24. The van der Waals surface area contributed by atoms with Gasteiger partial charge in [0.15, 0.2) is 0 Å². The summed E-state index contributed by atoms with van der Waals surface area (Å²) in [5.74, 6) is -0.915. The van der Waals surface area contributed by atoms with Gasteiger partial charge in [0, 0.05) is 18.1 Å². The number of methoxy groups -OCH3 is 1. The number of benzene rings is 3. The number of ether oxygens (including phenoxy) is 1. The highest BCUT2D eigenvalue weighted by Crippen LogP contribution is 2.27. The van der Waals surface area contributed by atoms with Crippen molar-refractivity contribution in [3.05, 3.63) is 89.2 Å². The standard InChI is InChI=1S/C29H33ClFN3O5S/c1-4-18-32-29(36)27(5-2)33(19-21-6-10-23(31)11-7-21)28(35)20-34(24-12-8-22(30)9-13-24)40(37,38)26-16-14-25(39-3)15-17-26/h6-17,27H,4-5,18-20H2,1-3H3,(H,32,36). The molecular weight excluding hydrogens is 557 g/mol. The fourth-order valence-corrected chi connectivity index (χ4v) is 5.62. The highest BCUT2D eigenvalue weighted by Gasteiger charge is 2.33. The smallest absolute Gasteiger partial charge is 0.264 e. The van der Waals surface area contributed by atoms with E-state index in [2.05, 4.69) is 5.32 Å². The zero-order valence-electron chi connectivity index (χ0n) is 22.6. The SMILES string of the molecule is CCCNC(=O)C(CC)N(Cc1ccc(F)cc1)C(=O)CN(c1ccc(Cl)cc1)S(=O)(=O)c1ccc(OC)cc1. The number of amides is 2. The Bertz CT molecular complexity index is 1380. The van der Waals surface area contributed by atoms with Crippen molar-refractivity contribution in [3.63, 3.8) is 0 Å². The fourth-order valence-electron chi connectivity index (χ4n) is 4.08. The maximum Gasteiger partial charge on any atom is 0.264 e. The fraction of sp³-hybridized carbons (Fsp3) is 0.310. The van der Waals surface area contributed by atoms with Crippen LogP contribution in [0.5, 0.6) is 5.75 Å². The van der Waals surface area contributed by atoms with E-state index in [1.807, 2.05) is 6.92 Å². The number of rotatable bonds is 13. The molecule has 3 aromatic rings. The molecule has 1 unspecified atom stereocenters. The zero-order chi connectivity index (χ0) is 29.3. The summed E-state index contributed by atoms with van der Waals surface area (Å²) in [6.45, 7) is 3.50. The van der Waals surface area contributed by atoms with Crippen LogP contribution in [0.4, 0.5) is 10.1 Å². The lowest BCUT2D eigenvalue weighted by Gasteiger charge is -2.33. The first-order valence-corrected chi connectivity index (χ1v) is 14.7. The second-order valence-corrected chi connectivity index (χ2v) is 11.3. The van der Waals surface area contributed by atoms with Crippen LogP contribution in [0.1, 0.15) is 32.3 Å². The zero-order valence-corrected chi connectivity index (χ0v) is 24.2. The average Bonchev–Trinajstić information content (AvgIpc) is 2.96. The van der Waals surface area contributed by atoms with Crippen LogP contribution < -0.4 is 14.4 Å². The average molecular weight is 590 g/mol. The number of anilines is 1. The first-order chi connectivity index (χ1) is 19.1. The number of nitrogens with one attached hydrogen (secondary N) is 1. The summed E-state index contributed by atoms with van der Waals surface area (Å²) in [6.07, 6.45) is 0.993. The minimum atomic E-state index is -4.23. The quantitative estimate of drug-likeness (QED) is 0.302. The van der Waals surface area contributed by atoms with Crippen molar-refractivity contribution in [1.82, 2.24) is 10.2 Å². The Morgan fingerprint density at radius 2 is 1.60 bits per heavy atom. The van der Waals surface area contributed by atoms with Crippen molar-refractivity contribution in [2.75, 3.05) is 24.5 Å². The summed E-state index contributed by atoms with van der Waals surface area (Å²) in [4.78, 5) is 28.3. The topological polar surface area (TPSA) is 96.0 Å². The molecule has 0 aliphatic heterocycles. The summed E-state index contributed by atoms with van der Waals surface area (Å²) in [5, 5.41) is 3.22. The molecule has 0 radical (unpaired) electrons. The van der Waals surface area contributed by atoms with E-state index in [0.717, 1.165) is 4.31 Å². The van der Waals surface area contributed by atoms with Gasteiger partial charge in [-0.3, -0.25) is 13.9 Å². The normalized spacial score (nSPS) is 11.9. The van der Waals surface area contributed by atoms with Gasteiger partial charge in [-0.2, -0.15) is 0 Å². The van der Waals surface area contributed by atoms with Gasteiger partial charge < -0.3 is 15.0 Å². The molecule has 0 saturated heterocycles. The van der Waals surface area contributed by atoms with E-state index in [-0.39, 0.29) is 29.5 Å². The van der Waals surface area contributed by atoms with Crippen LogP contribution in [-0.4, -0.2) is 51.4 Å². The van der Waals surface area contributed by atoms with Gasteiger partial charge in [-0.1, -0.05) is 37.6 Å². The molecule has 1 N–H and O–H groups in total. The van der Waals surface area contributed by atoms with Crippen molar-refractivity contribution in [1.29, 1.82) is 0 Å². The van der Waals surface area contributed by atoms with Crippen LogP contribution in [0.25, 0.3) is 0 Å². The van der Waals surface area contributed by atoms with Gasteiger partial charge in [-0.05, 0) is 79.1 Å². The third-order valence-corrected chi connectivity index (χ3v) is 8.28.